The maximum Gasteiger partial charge on any atom is 0.264 e. The van der Waals surface area contributed by atoms with Crippen molar-refractivity contribution in [1.82, 2.24) is 10.2 Å². The number of nitrogens with zero attached hydrogens (tertiary/aromatic N) is 2. The highest BCUT2D eigenvalue weighted by Gasteiger charge is 2.36. The molecule has 46 heavy (non-hydrogen) atoms. The number of hydrogen-bond donors (Lipinski definition) is 1. The molecule has 0 aromatic heterocycles. The molecule has 1 atom stereocenters. The van der Waals surface area contributed by atoms with Crippen molar-refractivity contribution in [3.05, 3.63) is 129 Å². The Bertz CT molecular complexity index is 1770. The normalized spacial score (nSPS) is 12.3. The van der Waals surface area contributed by atoms with E-state index in [1.165, 1.54) is 9.21 Å². The van der Waals surface area contributed by atoms with Crippen LogP contribution < -0.4 is 9.62 Å². The predicted molar refractivity (Wildman–Crippen MR) is 188 cm³/mol. The summed E-state index contributed by atoms with van der Waals surface area (Å²) in [5.41, 5.74) is 4.10. The van der Waals surface area contributed by atoms with Crippen molar-refractivity contribution in [1.29, 1.82) is 0 Å². The zero-order chi connectivity index (χ0) is 33.6. The molecule has 0 aliphatic carbocycles. The van der Waals surface area contributed by atoms with Gasteiger partial charge in [-0.2, -0.15) is 0 Å². The molecule has 4 aromatic rings. The molecule has 0 bridgehead atoms. The zero-order valence-electron chi connectivity index (χ0n) is 27.2. The quantitative estimate of drug-likeness (QED) is 0.180. The molecule has 1 unspecified atom stereocenters. The second-order valence-electron chi connectivity index (χ2n) is 12.6. The number of hydrogen-bond acceptors (Lipinski definition) is 4. The van der Waals surface area contributed by atoms with Gasteiger partial charge in [-0.05, 0) is 94.1 Å². The summed E-state index contributed by atoms with van der Waals surface area (Å²) in [4.78, 5) is 30.3. The van der Waals surface area contributed by atoms with Gasteiger partial charge in [0.1, 0.15) is 12.6 Å². The molecule has 0 aliphatic heterocycles. The van der Waals surface area contributed by atoms with E-state index in [1.54, 1.807) is 36.4 Å². The lowest BCUT2D eigenvalue weighted by atomic mass is 10.0. The number of sulfonamides is 1. The van der Waals surface area contributed by atoms with Crippen LogP contribution in [0.2, 0.25) is 0 Å². The Morgan fingerprint density at radius 3 is 2.04 bits per heavy atom. The lowest BCUT2D eigenvalue weighted by molar-refractivity contribution is -0.140. The van der Waals surface area contributed by atoms with Gasteiger partial charge in [-0.1, -0.05) is 88.2 Å². The highest BCUT2D eigenvalue weighted by Crippen LogP contribution is 2.29. The van der Waals surface area contributed by atoms with E-state index in [-0.39, 0.29) is 23.8 Å². The van der Waals surface area contributed by atoms with Crippen LogP contribution in [0.1, 0.15) is 48.6 Å². The smallest absolute Gasteiger partial charge is 0.264 e. The third kappa shape index (κ3) is 8.85. The average Bonchev–Trinajstić information content (AvgIpc) is 3.00. The van der Waals surface area contributed by atoms with Crippen LogP contribution in [0.5, 0.6) is 0 Å². The summed E-state index contributed by atoms with van der Waals surface area (Å²) in [5.74, 6) is -0.814. The number of halogens is 1. The van der Waals surface area contributed by atoms with Gasteiger partial charge in [0.15, 0.2) is 0 Å². The van der Waals surface area contributed by atoms with Crippen molar-refractivity contribution in [2.45, 2.75) is 71.0 Å². The summed E-state index contributed by atoms with van der Waals surface area (Å²) in [6, 6.07) is 28.1. The van der Waals surface area contributed by atoms with Crippen LogP contribution >= 0.6 is 15.9 Å². The molecule has 9 heteroatoms. The second kappa shape index (κ2) is 14.6. The fourth-order valence-electron chi connectivity index (χ4n) is 5.15. The van der Waals surface area contributed by atoms with E-state index in [9.17, 15) is 18.0 Å². The zero-order valence-corrected chi connectivity index (χ0v) is 29.7. The van der Waals surface area contributed by atoms with Gasteiger partial charge in [0, 0.05) is 23.0 Å². The van der Waals surface area contributed by atoms with Crippen LogP contribution in [-0.4, -0.2) is 43.3 Å². The summed E-state index contributed by atoms with van der Waals surface area (Å²) in [5, 5.41) is 3.06. The Morgan fingerprint density at radius 2 is 1.43 bits per heavy atom. The summed E-state index contributed by atoms with van der Waals surface area (Å²) >= 11 is 3.47. The molecule has 0 radical (unpaired) electrons. The predicted octanol–water partition coefficient (Wildman–Crippen LogP) is 7.12. The Balaban J connectivity index is 1.84. The third-order valence-electron chi connectivity index (χ3n) is 7.77. The van der Waals surface area contributed by atoms with E-state index < -0.39 is 34.1 Å². The first-order valence-corrected chi connectivity index (χ1v) is 17.4. The van der Waals surface area contributed by atoms with Gasteiger partial charge in [-0.3, -0.25) is 13.9 Å². The molecule has 0 fully saturated rings. The van der Waals surface area contributed by atoms with E-state index >= 15 is 0 Å². The van der Waals surface area contributed by atoms with E-state index in [0.717, 1.165) is 32.3 Å². The van der Waals surface area contributed by atoms with Crippen molar-refractivity contribution in [2.24, 2.45) is 0 Å². The number of carbonyl (C=O) groups is 2. The number of anilines is 1. The minimum absolute atomic E-state index is 0.0811. The van der Waals surface area contributed by atoms with Gasteiger partial charge in [0.2, 0.25) is 11.8 Å². The van der Waals surface area contributed by atoms with Crippen LogP contribution in [-0.2, 0) is 32.6 Å². The van der Waals surface area contributed by atoms with E-state index in [2.05, 4.69) is 21.2 Å². The van der Waals surface area contributed by atoms with Crippen molar-refractivity contribution >= 4 is 43.5 Å². The Hall–Kier alpha value is -3.95. The number of rotatable bonds is 11. The fraction of sp³-hybridized carbons (Fsp3) is 0.297. The molecule has 0 heterocycles. The van der Waals surface area contributed by atoms with E-state index in [1.807, 2.05) is 102 Å². The van der Waals surface area contributed by atoms with Gasteiger partial charge in [0.05, 0.1) is 10.6 Å². The molecular formula is C37H42BrN3O4S. The molecule has 1 N–H and O–H groups in total. The largest absolute Gasteiger partial charge is 0.350 e. The monoisotopic (exact) mass is 703 g/mol. The minimum Gasteiger partial charge on any atom is -0.350 e. The second-order valence-corrected chi connectivity index (χ2v) is 15.4. The van der Waals surface area contributed by atoms with Gasteiger partial charge < -0.3 is 10.2 Å². The van der Waals surface area contributed by atoms with Crippen LogP contribution in [0.15, 0.2) is 106 Å². The lowest BCUT2D eigenvalue weighted by Gasteiger charge is -2.35. The minimum atomic E-state index is -4.17. The molecule has 2 amide bonds. The number of aryl methyl sites for hydroxylation is 2. The Morgan fingerprint density at radius 1 is 0.804 bits per heavy atom. The fourth-order valence-corrected chi connectivity index (χ4v) is 6.89. The molecule has 242 valence electrons. The molecule has 7 nitrogen and oxygen atoms in total. The first kappa shape index (κ1) is 34.9. The van der Waals surface area contributed by atoms with Crippen molar-refractivity contribution < 1.29 is 18.0 Å². The third-order valence-corrected chi connectivity index (χ3v) is 10.1. The van der Waals surface area contributed by atoms with Crippen molar-refractivity contribution in [2.75, 3.05) is 10.8 Å². The van der Waals surface area contributed by atoms with E-state index in [0.29, 0.717) is 5.69 Å². The summed E-state index contributed by atoms with van der Waals surface area (Å²) in [7, 11) is -4.17. The summed E-state index contributed by atoms with van der Waals surface area (Å²) in [6.45, 7) is 10.9. The molecular weight excluding hydrogens is 662 g/mol. The number of nitrogens with one attached hydrogen (secondary N) is 1. The maximum absolute atomic E-state index is 14.7. The first-order chi connectivity index (χ1) is 21.7. The maximum atomic E-state index is 14.7. The average molecular weight is 705 g/mol. The summed E-state index contributed by atoms with van der Waals surface area (Å²) in [6.07, 6.45) is 0.249. The van der Waals surface area contributed by atoms with Gasteiger partial charge in [0.25, 0.3) is 10.0 Å². The van der Waals surface area contributed by atoms with Crippen LogP contribution in [0, 0.1) is 20.8 Å². The highest BCUT2D eigenvalue weighted by molar-refractivity contribution is 9.10. The molecule has 0 aliphatic rings. The van der Waals surface area contributed by atoms with Crippen molar-refractivity contribution in [3.8, 4) is 0 Å². The SMILES string of the molecule is Cc1ccc(S(=O)(=O)N(CC(=O)N(Cc2ccc(Br)cc2)C(Cc2ccccc2)C(=O)NC(C)(C)C)c2cccc(C)c2C)cc1. The standard InChI is InChI=1S/C37H42BrN3O4S/c1-26-15-21-32(22-16-26)46(44,45)41(33-14-10-11-27(2)28(33)3)25-35(42)40(24-30-17-19-31(38)20-18-30)34(36(43)39-37(4,5)6)23-29-12-8-7-9-13-29/h7-22,34H,23-25H2,1-6H3,(H,39,43). The van der Waals surface area contributed by atoms with Crippen LogP contribution in [0.4, 0.5) is 5.69 Å². The Kier molecular flexibility index (Phi) is 11.1. The molecule has 4 aromatic carbocycles. The molecule has 0 saturated carbocycles. The summed E-state index contributed by atoms with van der Waals surface area (Å²) < 4.78 is 30.7. The van der Waals surface area contributed by atoms with Crippen LogP contribution in [0.25, 0.3) is 0 Å². The molecule has 4 rings (SSSR count). The van der Waals surface area contributed by atoms with E-state index in [4.69, 9.17) is 0 Å². The Labute approximate surface area is 281 Å². The van der Waals surface area contributed by atoms with Gasteiger partial charge in [-0.15, -0.1) is 0 Å². The molecule has 0 spiro atoms. The first-order valence-electron chi connectivity index (χ1n) is 15.2. The van der Waals surface area contributed by atoms with Gasteiger partial charge >= 0.3 is 0 Å². The lowest BCUT2D eigenvalue weighted by Crippen LogP contribution is -2.56. The van der Waals surface area contributed by atoms with Crippen molar-refractivity contribution in [3.63, 3.8) is 0 Å². The topological polar surface area (TPSA) is 86.8 Å². The number of benzene rings is 4. The number of amides is 2. The van der Waals surface area contributed by atoms with Crippen LogP contribution in [0.3, 0.4) is 0 Å². The van der Waals surface area contributed by atoms with Gasteiger partial charge in [-0.25, -0.2) is 8.42 Å². The molecule has 0 saturated heterocycles. The number of carbonyl (C=O) groups excluding carboxylic acids is 2. The highest BCUT2D eigenvalue weighted by atomic mass is 79.9.